The Hall–Kier alpha value is -0.580. The van der Waals surface area contributed by atoms with Gasteiger partial charge in [-0.05, 0) is 16.5 Å². The minimum Gasteiger partial charge on any atom is -0.310 e. The first-order valence-corrected chi connectivity index (χ1v) is 3.12. The maximum atomic E-state index is 7.70. The Labute approximate surface area is 58.8 Å². The maximum Gasteiger partial charge on any atom is 0.149 e. The van der Waals surface area contributed by atoms with E-state index in [1.54, 1.807) is 0 Å². The van der Waals surface area contributed by atoms with Crippen LogP contribution in [0.5, 0.6) is 0 Å². The van der Waals surface area contributed by atoms with Crippen LogP contribution in [-0.4, -0.2) is 5.26 Å². The Balaban J connectivity index is 2.20. The molecular weight excluding hydrogens is 136 g/mol. The maximum absolute atomic E-state index is 7.70. The minimum absolute atomic E-state index is 0.484. The van der Waals surface area contributed by atoms with Gasteiger partial charge in [-0.25, -0.2) is 5.26 Å². The van der Waals surface area contributed by atoms with Crippen molar-refractivity contribution in [3.63, 3.8) is 0 Å². The molecule has 0 saturated heterocycles. The van der Waals surface area contributed by atoms with Gasteiger partial charge in [0.15, 0.2) is 0 Å². The van der Waals surface area contributed by atoms with Gasteiger partial charge in [-0.3, -0.25) is 0 Å². The number of hydrogen-bond donors (Lipinski definition) is 1. The molecule has 0 bridgehead atoms. The van der Waals surface area contributed by atoms with Gasteiger partial charge in [0.25, 0.3) is 0 Å². The highest BCUT2D eigenvalue weighted by Crippen LogP contribution is 2.37. The van der Waals surface area contributed by atoms with E-state index in [0.29, 0.717) is 5.92 Å². The lowest BCUT2D eigenvalue weighted by Crippen LogP contribution is -1.86. The average Bonchev–Trinajstić information content (AvgIpc) is 2.62. The zero-order chi connectivity index (χ0) is 7.56. The van der Waals surface area contributed by atoms with Crippen molar-refractivity contribution in [3.05, 3.63) is 11.3 Å². The third-order valence-corrected chi connectivity index (χ3v) is 1.45. The second-order valence-electron chi connectivity index (χ2n) is 2.51. The summed E-state index contributed by atoms with van der Waals surface area (Å²) in [5.74, 6) is 1.24. The molecule has 1 aliphatic rings. The van der Waals surface area contributed by atoms with Gasteiger partial charge in [0, 0.05) is 11.5 Å². The molecule has 0 atom stereocenters. The van der Waals surface area contributed by atoms with Crippen LogP contribution in [0.1, 0.15) is 20.3 Å². The largest absolute Gasteiger partial charge is 0.310 e. The van der Waals surface area contributed by atoms with Gasteiger partial charge in [-0.2, -0.15) is 0 Å². The van der Waals surface area contributed by atoms with Crippen LogP contribution in [0.3, 0.4) is 0 Å². The Bertz CT molecular complexity index is 150. The van der Waals surface area contributed by atoms with Crippen LogP contribution >= 0.6 is 0 Å². The van der Waals surface area contributed by atoms with Crippen LogP contribution in [0.15, 0.2) is 11.3 Å². The summed E-state index contributed by atoms with van der Waals surface area (Å²) in [4.78, 5) is 4.48. The third kappa shape index (κ3) is 1.70. The third-order valence-electron chi connectivity index (χ3n) is 1.45. The molecule has 0 aromatic heterocycles. The molecule has 10 heavy (non-hydrogen) atoms. The average molecular weight is 146 g/mol. The van der Waals surface area contributed by atoms with Crippen molar-refractivity contribution >= 4 is 0 Å². The van der Waals surface area contributed by atoms with Gasteiger partial charge in [0.2, 0.25) is 0 Å². The summed E-state index contributed by atoms with van der Waals surface area (Å²) in [6, 6.07) is 0. The summed E-state index contributed by atoms with van der Waals surface area (Å²) >= 11 is 0. The molecule has 0 radical (unpaired) electrons. The highest BCUT2D eigenvalue weighted by Gasteiger charge is 2.27. The van der Waals surface area contributed by atoms with Gasteiger partial charge < -0.3 is 4.89 Å². The quantitative estimate of drug-likeness (QED) is 0.484. The molecule has 0 amide bonds. The topological polar surface area (TPSA) is 47.9 Å². The van der Waals surface area contributed by atoms with E-state index in [-0.39, 0.29) is 0 Å². The summed E-state index contributed by atoms with van der Waals surface area (Å²) in [5, 5.41) is 14.8. The van der Waals surface area contributed by atoms with Crippen LogP contribution in [0.25, 0.3) is 0 Å². The molecule has 1 aliphatic carbocycles. The molecule has 1 N–H and O–H groups in total. The number of rotatable bonds is 4. The van der Waals surface area contributed by atoms with Crippen LogP contribution in [0.4, 0.5) is 0 Å². The Morgan fingerprint density at radius 3 is 2.60 bits per heavy atom. The Morgan fingerprint density at radius 1 is 1.50 bits per heavy atom. The molecule has 0 heterocycles. The summed E-state index contributed by atoms with van der Waals surface area (Å²) < 4.78 is 0. The van der Waals surface area contributed by atoms with Crippen LogP contribution < -0.4 is 0 Å². The van der Waals surface area contributed by atoms with Gasteiger partial charge in [-0.15, -0.1) is 0 Å². The van der Waals surface area contributed by atoms with Crippen LogP contribution in [0, 0.1) is 5.92 Å². The Kier molecular flexibility index (Phi) is 2.26. The van der Waals surface area contributed by atoms with E-state index in [9.17, 15) is 0 Å². The molecule has 0 aromatic rings. The molecule has 4 nitrogen and oxygen atoms in total. The highest BCUT2D eigenvalue weighted by atomic mass is 17.6. The predicted octanol–water partition coefficient (Wildman–Crippen LogP) is 1.65. The fourth-order valence-electron chi connectivity index (χ4n) is 0.794. The lowest BCUT2D eigenvalue weighted by molar-refractivity contribution is -0.612. The van der Waals surface area contributed by atoms with Gasteiger partial charge in [0.05, 0.1) is 0 Å². The molecule has 0 aliphatic heterocycles. The molecule has 0 spiro atoms. The van der Waals surface area contributed by atoms with Gasteiger partial charge in [-0.1, -0.05) is 13.8 Å². The van der Waals surface area contributed by atoms with Crippen molar-refractivity contribution in [2.24, 2.45) is 5.92 Å². The van der Waals surface area contributed by atoms with E-state index >= 15 is 0 Å². The zero-order valence-corrected chi connectivity index (χ0v) is 5.96. The SMILES string of the molecule is CC(C)C1=C(OOOO)C1. The van der Waals surface area contributed by atoms with Crippen molar-refractivity contribution in [1.82, 2.24) is 0 Å². The molecule has 0 unspecified atom stereocenters. The number of allylic oxidation sites excluding steroid dienone is 2. The molecule has 4 heteroatoms. The lowest BCUT2D eigenvalue weighted by atomic mass is 10.2. The van der Waals surface area contributed by atoms with Crippen LogP contribution in [-0.2, 0) is 15.0 Å². The second kappa shape index (κ2) is 3.01. The summed E-state index contributed by atoms with van der Waals surface area (Å²) in [6.45, 7) is 4.12. The highest BCUT2D eigenvalue weighted by molar-refractivity contribution is 5.30. The molecule has 58 valence electrons. The van der Waals surface area contributed by atoms with E-state index in [4.69, 9.17) is 5.26 Å². The molecular formula is C6H10O4. The number of hydrogen-bond acceptors (Lipinski definition) is 4. The van der Waals surface area contributed by atoms with E-state index in [0.717, 1.165) is 12.2 Å². The fourth-order valence-corrected chi connectivity index (χ4v) is 0.794. The molecule has 0 aromatic carbocycles. The first-order valence-electron chi connectivity index (χ1n) is 3.12. The first kappa shape index (κ1) is 7.53. The lowest BCUT2D eigenvalue weighted by Gasteiger charge is -1.92. The second-order valence-corrected chi connectivity index (χ2v) is 2.51. The van der Waals surface area contributed by atoms with Crippen LogP contribution in [0.2, 0.25) is 0 Å². The fraction of sp³-hybridized carbons (Fsp3) is 0.667. The van der Waals surface area contributed by atoms with Crippen molar-refractivity contribution in [1.29, 1.82) is 0 Å². The summed E-state index contributed by atoms with van der Waals surface area (Å²) in [6.07, 6.45) is 0.820. The van der Waals surface area contributed by atoms with Gasteiger partial charge in [0.1, 0.15) is 5.76 Å². The van der Waals surface area contributed by atoms with Gasteiger partial charge >= 0.3 is 0 Å². The summed E-state index contributed by atoms with van der Waals surface area (Å²) in [7, 11) is 0. The van der Waals surface area contributed by atoms with E-state index in [1.165, 1.54) is 5.57 Å². The zero-order valence-electron chi connectivity index (χ0n) is 5.96. The molecule has 1 rings (SSSR count). The van der Waals surface area contributed by atoms with Crippen molar-refractivity contribution in [2.45, 2.75) is 20.3 Å². The van der Waals surface area contributed by atoms with E-state index in [2.05, 4.69) is 28.8 Å². The molecule has 0 saturated carbocycles. The Morgan fingerprint density at radius 2 is 2.20 bits per heavy atom. The monoisotopic (exact) mass is 146 g/mol. The van der Waals surface area contributed by atoms with E-state index < -0.39 is 0 Å². The van der Waals surface area contributed by atoms with Crippen molar-refractivity contribution in [3.8, 4) is 0 Å². The smallest absolute Gasteiger partial charge is 0.149 e. The van der Waals surface area contributed by atoms with Crippen molar-refractivity contribution in [2.75, 3.05) is 0 Å². The van der Waals surface area contributed by atoms with Crippen molar-refractivity contribution < 1.29 is 20.2 Å². The predicted molar refractivity (Wildman–Crippen MR) is 32.4 cm³/mol. The normalized spacial score (nSPS) is 16.4. The van der Waals surface area contributed by atoms with E-state index in [1.807, 2.05) is 0 Å². The first-order chi connectivity index (χ1) is 4.75. The summed E-state index contributed by atoms with van der Waals surface area (Å²) in [5.41, 5.74) is 1.21. The minimum atomic E-state index is 0.484. The molecule has 0 fully saturated rings. The standard InChI is InChI=1S/C6H10O4/c1-4(2)5-3-6(5)8-10-9-7/h4,7H,3H2,1-2H3.